The van der Waals surface area contributed by atoms with Crippen LogP contribution < -0.4 is 0 Å². The number of halogens is 1. The molecule has 0 aromatic heterocycles. The van der Waals surface area contributed by atoms with Crippen molar-refractivity contribution in [2.45, 2.75) is 51.7 Å². The third-order valence-electron chi connectivity index (χ3n) is 1.62. The van der Waals surface area contributed by atoms with Crippen LogP contribution in [-0.4, -0.2) is 11.2 Å². The highest BCUT2D eigenvalue weighted by Gasteiger charge is 2.18. The fourth-order valence-electron chi connectivity index (χ4n) is 0.513. The Morgan fingerprint density at radius 1 is 1.40 bits per heavy atom. The summed E-state index contributed by atoms with van der Waals surface area (Å²) in [6, 6.07) is 0. The van der Waals surface area contributed by atoms with E-state index in [1.807, 2.05) is 6.92 Å². The lowest BCUT2D eigenvalue weighted by Gasteiger charge is -2.26. The molecule has 0 aliphatic carbocycles. The Kier molecular flexibility index (Phi) is 4.30. The van der Waals surface area contributed by atoms with Crippen LogP contribution in [0.2, 0.25) is 0 Å². The second kappa shape index (κ2) is 4.20. The van der Waals surface area contributed by atoms with Crippen molar-refractivity contribution < 1.29 is 4.74 Å². The zero-order valence-electron chi connectivity index (χ0n) is 7.28. The van der Waals surface area contributed by atoms with Crippen molar-refractivity contribution in [3.63, 3.8) is 0 Å². The van der Waals surface area contributed by atoms with Crippen LogP contribution in [0, 0.1) is 0 Å². The van der Waals surface area contributed by atoms with Crippen LogP contribution in [-0.2, 0) is 4.74 Å². The SMILES string of the molecule is CCC(Cl)OC(C)(C)CC. The summed E-state index contributed by atoms with van der Waals surface area (Å²) in [6.45, 7) is 8.22. The van der Waals surface area contributed by atoms with Gasteiger partial charge >= 0.3 is 0 Å². The van der Waals surface area contributed by atoms with Gasteiger partial charge in [-0.15, -0.1) is 0 Å². The lowest BCUT2D eigenvalue weighted by molar-refractivity contribution is -0.0394. The predicted molar refractivity (Wildman–Crippen MR) is 45.4 cm³/mol. The molecule has 0 saturated carbocycles. The average molecular weight is 165 g/mol. The molecule has 0 spiro atoms. The van der Waals surface area contributed by atoms with E-state index in [-0.39, 0.29) is 11.2 Å². The largest absolute Gasteiger partial charge is 0.357 e. The van der Waals surface area contributed by atoms with E-state index in [0.29, 0.717) is 0 Å². The molecule has 0 saturated heterocycles. The van der Waals surface area contributed by atoms with Gasteiger partial charge in [0.1, 0.15) is 5.56 Å². The topological polar surface area (TPSA) is 9.23 Å². The van der Waals surface area contributed by atoms with Gasteiger partial charge in [-0.25, -0.2) is 0 Å². The zero-order chi connectivity index (χ0) is 8.20. The molecule has 0 fully saturated rings. The fourth-order valence-corrected chi connectivity index (χ4v) is 0.754. The van der Waals surface area contributed by atoms with Crippen LogP contribution >= 0.6 is 11.6 Å². The van der Waals surface area contributed by atoms with Crippen molar-refractivity contribution in [2.24, 2.45) is 0 Å². The molecule has 0 rings (SSSR count). The van der Waals surface area contributed by atoms with Gasteiger partial charge in [-0.2, -0.15) is 0 Å². The van der Waals surface area contributed by atoms with E-state index in [9.17, 15) is 0 Å². The third-order valence-corrected chi connectivity index (χ3v) is 2.02. The lowest BCUT2D eigenvalue weighted by Crippen LogP contribution is -2.26. The van der Waals surface area contributed by atoms with E-state index in [1.54, 1.807) is 0 Å². The Bertz CT molecular complexity index is 91.3. The Balaban J connectivity index is 3.64. The highest BCUT2D eigenvalue weighted by Crippen LogP contribution is 2.19. The summed E-state index contributed by atoms with van der Waals surface area (Å²) in [5, 5.41) is 0. The number of ether oxygens (including phenoxy) is 1. The van der Waals surface area contributed by atoms with E-state index in [4.69, 9.17) is 16.3 Å². The minimum absolute atomic E-state index is 0.0670. The van der Waals surface area contributed by atoms with Gasteiger partial charge < -0.3 is 4.74 Å². The van der Waals surface area contributed by atoms with Crippen molar-refractivity contribution in [1.29, 1.82) is 0 Å². The molecule has 0 N–H and O–H groups in total. The first kappa shape index (κ1) is 10.2. The van der Waals surface area contributed by atoms with Gasteiger partial charge in [-0.1, -0.05) is 25.4 Å². The molecule has 0 heterocycles. The second-order valence-electron chi connectivity index (χ2n) is 3.05. The second-order valence-corrected chi connectivity index (χ2v) is 3.54. The molecule has 0 bridgehead atoms. The maximum absolute atomic E-state index is 5.81. The maximum Gasteiger partial charge on any atom is 0.131 e. The smallest absolute Gasteiger partial charge is 0.131 e. The zero-order valence-corrected chi connectivity index (χ0v) is 8.03. The Labute approximate surface area is 68.7 Å². The van der Waals surface area contributed by atoms with Crippen molar-refractivity contribution in [3.8, 4) is 0 Å². The third kappa shape index (κ3) is 4.13. The summed E-state index contributed by atoms with van der Waals surface area (Å²) in [7, 11) is 0. The van der Waals surface area contributed by atoms with Gasteiger partial charge in [0, 0.05) is 0 Å². The summed E-state index contributed by atoms with van der Waals surface area (Å²) in [5.41, 5.74) is -0.197. The van der Waals surface area contributed by atoms with E-state index in [2.05, 4.69) is 20.8 Å². The molecule has 62 valence electrons. The van der Waals surface area contributed by atoms with E-state index < -0.39 is 0 Å². The van der Waals surface area contributed by atoms with Crippen molar-refractivity contribution in [2.75, 3.05) is 0 Å². The van der Waals surface area contributed by atoms with E-state index >= 15 is 0 Å². The minimum Gasteiger partial charge on any atom is -0.357 e. The molecule has 2 heteroatoms. The summed E-state index contributed by atoms with van der Waals surface area (Å²) in [5.74, 6) is 0. The molecular weight excluding hydrogens is 148 g/mol. The number of rotatable bonds is 4. The van der Waals surface area contributed by atoms with Gasteiger partial charge in [0.05, 0.1) is 5.60 Å². The van der Waals surface area contributed by atoms with Crippen LogP contribution in [0.15, 0.2) is 0 Å². The molecule has 0 aliphatic heterocycles. The Morgan fingerprint density at radius 2 is 1.90 bits per heavy atom. The first-order valence-corrected chi connectivity index (χ1v) is 4.27. The average Bonchev–Trinajstić information content (AvgIpc) is 1.87. The molecule has 0 aromatic rings. The van der Waals surface area contributed by atoms with Gasteiger partial charge in [0.15, 0.2) is 0 Å². The molecule has 1 nitrogen and oxygen atoms in total. The molecule has 0 aliphatic rings. The molecule has 10 heavy (non-hydrogen) atoms. The summed E-state index contributed by atoms with van der Waals surface area (Å²) in [6.07, 6.45) is 1.86. The van der Waals surface area contributed by atoms with Crippen molar-refractivity contribution >= 4 is 11.6 Å². The highest BCUT2D eigenvalue weighted by atomic mass is 35.5. The van der Waals surface area contributed by atoms with E-state index in [0.717, 1.165) is 12.8 Å². The number of hydrogen-bond donors (Lipinski definition) is 0. The summed E-state index contributed by atoms with van der Waals surface area (Å²) in [4.78, 5) is 0. The van der Waals surface area contributed by atoms with Gasteiger partial charge in [-0.3, -0.25) is 0 Å². The highest BCUT2D eigenvalue weighted by molar-refractivity contribution is 6.19. The minimum atomic E-state index is -0.130. The van der Waals surface area contributed by atoms with Gasteiger partial charge in [-0.05, 0) is 26.7 Å². The predicted octanol–water partition coefficient (Wildman–Crippen LogP) is 3.17. The van der Waals surface area contributed by atoms with E-state index in [1.165, 1.54) is 0 Å². The molecule has 0 radical (unpaired) electrons. The normalized spacial score (nSPS) is 15.3. The fraction of sp³-hybridized carbons (Fsp3) is 1.00. The molecule has 1 unspecified atom stereocenters. The summed E-state index contributed by atoms with van der Waals surface area (Å²) < 4.78 is 5.50. The quantitative estimate of drug-likeness (QED) is 0.580. The van der Waals surface area contributed by atoms with Crippen LogP contribution in [0.25, 0.3) is 0 Å². The van der Waals surface area contributed by atoms with Crippen molar-refractivity contribution in [1.82, 2.24) is 0 Å². The van der Waals surface area contributed by atoms with Gasteiger partial charge in [0.2, 0.25) is 0 Å². The van der Waals surface area contributed by atoms with Gasteiger partial charge in [0.25, 0.3) is 0 Å². The first-order valence-electron chi connectivity index (χ1n) is 3.83. The van der Waals surface area contributed by atoms with Crippen LogP contribution in [0.3, 0.4) is 0 Å². The molecule has 1 atom stereocenters. The Morgan fingerprint density at radius 3 is 2.20 bits per heavy atom. The first-order chi connectivity index (χ1) is 4.52. The van der Waals surface area contributed by atoms with Crippen LogP contribution in [0.5, 0.6) is 0 Å². The number of alkyl halides is 1. The standard InChI is InChI=1S/C8H17ClO/c1-5-7(9)10-8(3,4)6-2/h7H,5-6H2,1-4H3. The maximum atomic E-state index is 5.81. The Hall–Kier alpha value is 0.250. The van der Waals surface area contributed by atoms with Crippen LogP contribution in [0.4, 0.5) is 0 Å². The van der Waals surface area contributed by atoms with Crippen LogP contribution in [0.1, 0.15) is 40.5 Å². The molecule has 0 aromatic carbocycles. The summed E-state index contributed by atoms with van der Waals surface area (Å²) >= 11 is 5.81. The van der Waals surface area contributed by atoms with Crippen molar-refractivity contribution in [3.05, 3.63) is 0 Å². The molecular formula is C8H17ClO. The monoisotopic (exact) mass is 164 g/mol. The lowest BCUT2D eigenvalue weighted by atomic mass is 10.1. The molecule has 0 amide bonds. The number of hydrogen-bond acceptors (Lipinski definition) is 1.